The van der Waals surface area contributed by atoms with Crippen LogP contribution in [0.25, 0.3) is 11.0 Å². The van der Waals surface area contributed by atoms with Gasteiger partial charge < -0.3 is 10.7 Å². The topological polar surface area (TPSA) is 83.8 Å². The summed E-state index contributed by atoms with van der Waals surface area (Å²) in [7, 11) is 0. The zero-order valence-corrected chi connectivity index (χ0v) is 11.9. The van der Waals surface area contributed by atoms with E-state index in [1.165, 1.54) is 5.56 Å². The molecule has 0 bridgehead atoms. The van der Waals surface area contributed by atoms with E-state index in [-0.39, 0.29) is 11.8 Å². The number of aromatic nitrogens is 2. The predicted molar refractivity (Wildman–Crippen MR) is 86.4 cm³/mol. The molecule has 0 spiro atoms. The molecule has 110 valence electrons. The van der Waals surface area contributed by atoms with Crippen molar-refractivity contribution >= 4 is 28.6 Å². The third kappa shape index (κ3) is 2.20. The Kier molecular flexibility index (Phi) is 2.85. The number of H-pyrrole nitrogens is 1. The van der Waals surface area contributed by atoms with Gasteiger partial charge in [-0.25, -0.2) is 4.98 Å². The van der Waals surface area contributed by atoms with Crippen molar-refractivity contribution < 1.29 is 4.79 Å². The zero-order chi connectivity index (χ0) is 15.1. The summed E-state index contributed by atoms with van der Waals surface area (Å²) in [6.45, 7) is 0. The summed E-state index contributed by atoms with van der Waals surface area (Å²) < 4.78 is 0. The number of para-hydroxylation sites is 1. The van der Waals surface area contributed by atoms with Crippen LogP contribution in [-0.2, 0) is 4.79 Å². The lowest BCUT2D eigenvalue weighted by Crippen LogP contribution is -2.15. The van der Waals surface area contributed by atoms with E-state index in [1.54, 1.807) is 6.07 Å². The Labute approximate surface area is 127 Å². The van der Waals surface area contributed by atoms with Crippen LogP contribution in [0, 0.1) is 5.92 Å². The van der Waals surface area contributed by atoms with Crippen LogP contribution in [0.5, 0.6) is 0 Å². The monoisotopic (exact) mass is 292 g/mol. The van der Waals surface area contributed by atoms with Crippen molar-refractivity contribution in [2.24, 2.45) is 5.92 Å². The van der Waals surface area contributed by atoms with Gasteiger partial charge >= 0.3 is 0 Å². The van der Waals surface area contributed by atoms with Gasteiger partial charge in [0.2, 0.25) is 11.9 Å². The first kappa shape index (κ1) is 12.9. The number of nitrogens with one attached hydrogen (secondary N) is 2. The molecule has 2 unspecified atom stereocenters. The minimum atomic E-state index is 0.00600. The standard InChI is InChI=1S/C17H16N4O/c18-13-7-4-8-14-15(13)20-17(19-14)21-16(22)12-9-11(12)10-5-2-1-3-6-10/h1-8,11-12H,9,18H2,(H2,19,20,21,22). The lowest BCUT2D eigenvalue weighted by molar-refractivity contribution is -0.117. The molecule has 1 amide bonds. The molecule has 5 heteroatoms. The summed E-state index contributed by atoms with van der Waals surface area (Å²) in [5.74, 6) is 0.798. The molecule has 0 radical (unpaired) electrons. The number of amides is 1. The van der Waals surface area contributed by atoms with Gasteiger partial charge in [0.15, 0.2) is 0 Å². The van der Waals surface area contributed by atoms with Gasteiger partial charge in [-0.3, -0.25) is 10.1 Å². The van der Waals surface area contributed by atoms with E-state index in [9.17, 15) is 4.79 Å². The minimum absolute atomic E-state index is 0.00600. The van der Waals surface area contributed by atoms with Crippen molar-refractivity contribution in [3.05, 3.63) is 54.1 Å². The van der Waals surface area contributed by atoms with Crippen LogP contribution in [0.2, 0.25) is 0 Å². The van der Waals surface area contributed by atoms with E-state index in [0.29, 0.717) is 23.1 Å². The smallest absolute Gasteiger partial charge is 0.230 e. The molecule has 2 aromatic carbocycles. The molecule has 5 nitrogen and oxygen atoms in total. The van der Waals surface area contributed by atoms with Gasteiger partial charge in [0.1, 0.15) is 5.52 Å². The lowest BCUT2D eigenvalue weighted by Gasteiger charge is -2.01. The molecule has 3 aromatic rings. The Balaban J connectivity index is 1.49. The average molecular weight is 292 g/mol. The Bertz CT molecular complexity index is 840. The fourth-order valence-electron chi connectivity index (χ4n) is 2.88. The van der Waals surface area contributed by atoms with Crippen LogP contribution in [0.4, 0.5) is 11.6 Å². The summed E-state index contributed by atoms with van der Waals surface area (Å²) in [6, 6.07) is 15.7. The third-order valence-corrected chi connectivity index (χ3v) is 4.14. The zero-order valence-electron chi connectivity index (χ0n) is 11.9. The molecule has 1 saturated carbocycles. The highest BCUT2D eigenvalue weighted by atomic mass is 16.2. The first-order valence-corrected chi connectivity index (χ1v) is 7.32. The van der Waals surface area contributed by atoms with E-state index >= 15 is 0 Å². The Morgan fingerprint density at radius 1 is 1.18 bits per heavy atom. The minimum Gasteiger partial charge on any atom is -0.397 e. The summed E-state index contributed by atoms with van der Waals surface area (Å²) >= 11 is 0. The Morgan fingerprint density at radius 3 is 2.77 bits per heavy atom. The molecule has 0 aliphatic heterocycles. The number of fused-ring (bicyclic) bond motifs is 1. The maximum absolute atomic E-state index is 12.3. The van der Waals surface area contributed by atoms with Crippen LogP contribution < -0.4 is 11.1 Å². The molecule has 4 rings (SSSR count). The fraction of sp³-hybridized carbons (Fsp3) is 0.176. The summed E-state index contributed by atoms with van der Waals surface area (Å²) in [6.07, 6.45) is 0.887. The maximum Gasteiger partial charge on any atom is 0.230 e. The molecule has 2 atom stereocenters. The molecule has 1 aliphatic carbocycles. The van der Waals surface area contributed by atoms with E-state index in [0.717, 1.165) is 11.9 Å². The Hall–Kier alpha value is -2.82. The molecular weight excluding hydrogens is 276 g/mol. The number of benzene rings is 2. The largest absolute Gasteiger partial charge is 0.397 e. The van der Waals surface area contributed by atoms with Gasteiger partial charge in [-0.15, -0.1) is 0 Å². The first-order valence-electron chi connectivity index (χ1n) is 7.32. The molecule has 0 saturated heterocycles. The van der Waals surface area contributed by atoms with Crippen LogP contribution >= 0.6 is 0 Å². The van der Waals surface area contributed by atoms with E-state index < -0.39 is 0 Å². The van der Waals surface area contributed by atoms with Gasteiger partial charge in [-0.05, 0) is 30.0 Å². The van der Waals surface area contributed by atoms with Crippen LogP contribution in [0.15, 0.2) is 48.5 Å². The number of hydrogen-bond donors (Lipinski definition) is 3. The number of hydrogen-bond acceptors (Lipinski definition) is 3. The summed E-state index contributed by atoms with van der Waals surface area (Å²) in [5.41, 5.74) is 9.21. The molecule has 1 aromatic heterocycles. The number of nitrogens with zero attached hydrogens (tertiary/aromatic N) is 1. The van der Waals surface area contributed by atoms with Gasteiger partial charge in [0.05, 0.1) is 11.2 Å². The number of imidazole rings is 1. The van der Waals surface area contributed by atoms with Crippen molar-refractivity contribution in [1.82, 2.24) is 9.97 Å². The third-order valence-electron chi connectivity index (χ3n) is 4.14. The normalized spacial score (nSPS) is 20.0. The maximum atomic E-state index is 12.3. The number of nitrogen functional groups attached to an aromatic ring is 1. The van der Waals surface area contributed by atoms with E-state index in [1.807, 2.05) is 30.3 Å². The number of anilines is 2. The second kappa shape index (κ2) is 4.87. The summed E-state index contributed by atoms with van der Waals surface area (Å²) in [5, 5.41) is 2.86. The molecule has 1 heterocycles. The number of aromatic amines is 1. The predicted octanol–water partition coefficient (Wildman–Crippen LogP) is 2.89. The highest BCUT2D eigenvalue weighted by Crippen LogP contribution is 2.47. The van der Waals surface area contributed by atoms with Crippen molar-refractivity contribution in [3.8, 4) is 0 Å². The number of carbonyl (C=O) groups is 1. The molecule has 1 fully saturated rings. The van der Waals surface area contributed by atoms with Crippen molar-refractivity contribution in [3.63, 3.8) is 0 Å². The number of nitrogens with two attached hydrogens (primary N) is 1. The SMILES string of the molecule is Nc1cccc2[nH]c(NC(=O)C3CC3c3ccccc3)nc12. The van der Waals surface area contributed by atoms with Crippen LogP contribution in [0.1, 0.15) is 17.9 Å². The lowest BCUT2D eigenvalue weighted by atomic mass is 10.1. The van der Waals surface area contributed by atoms with Gasteiger partial charge in [0, 0.05) is 5.92 Å². The number of carbonyl (C=O) groups excluding carboxylic acids is 1. The van der Waals surface area contributed by atoms with Crippen molar-refractivity contribution in [2.45, 2.75) is 12.3 Å². The second-order valence-corrected chi connectivity index (χ2v) is 5.68. The van der Waals surface area contributed by atoms with E-state index in [4.69, 9.17) is 5.73 Å². The quantitative estimate of drug-likeness (QED) is 0.649. The molecular formula is C17H16N4O. The molecule has 1 aliphatic rings. The number of rotatable bonds is 3. The summed E-state index contributed by atoms with van der Waals surface area (Å²) in [4.78, 5) is 19.7. The van der Waals surface area contributed by atoms with Gasteiger partial charge in [0.25, 0.3) is 0 Å². The van der Waals surface area contributed by atoms with Crippen LogP contribution in [-0.4, -0.2) is 15.9 Å². The highest BCUT2D eigenvalue weighted by Gasteiger charge is 2.44. The van der Waals surface area contributed by atoms with Gasteiger partial charge in [-0.2, -0.15) is 0 Å². The molecule has 4 N–H and O–H groups in total. The highest BCUT2D eigenvalue weighted by molar-refractivity contribution is 5.96. The van der Waals surface area contributed by atoms with E-state index in [2.05, 4.69) is 27.4 Å². The van der Waals surface area contributed by atoms with Crippen molar-refractivity contribution in [1.29, 1.82) is 0 Å². The fourth-order valence-corrected chi connectivity index (χ4v) is 2.88. The van der Waals surface area contributed by atoms with Crippen molar-refractivity contribution in [2.75, 3.05) is 11.1 Å². The molecule has 22 heavy (non-hydrogen) atoms. The van der Waals surface area contributed by atoms with Gasteiger partial charge in [-0.1, -0.05) is 36.4 Å². The van der Waals surface area contributed by atoms with Crippen LogP contribution in [0.3, 0.4) is 0 Å². The first-order chi connectivity index (χ1) is 10.7. The Morgan fingerprint density at radius 2 is 2.00 bits per heavy atom. The second-order valence-electron chi connectivity index (χ2n) is 5.68. The average Bonchev–Trinajstić information content (AvgIpc) is 3.23.